The minimum Gasteiger partial charge on any atom is -0.481 e. The zero-order valence-electron chi connectivity index (χ0n) is 11.7. The molecule has 1 aromatic rings. The van der Waals surface area contributed by atoms with Crippen molar-refractivity contribution in [3.8, 4) is 0 Å². The zero-order valence-corrected chi connectivity index (χ0v) is 11.7. The topological polar surface area (TPSA) is 74.6 Å². The van der Waals surface area contributed by atoms with Crippen molar-refractivity contribution in [3.05, 3.63) is 34.9 Å². The van der Waals surface area contributed by atoms with Gasteiger partial charge in [0.25, 0.3) is 0 Å². The van der Waals surface area contributed by atoms with Crippen LogP contribution in [0.2, 0.25) is 0 Å². The van der Waals surface area contributed by atoms with E-state index in [1.165, 1.54) is 0 Å². The van der Waals surface area contributed by atoms with Gasteiger partial charge in [0, 0.05) is 0 Å². The molecule has 0 saturated carbocycles. The van der Waals surface area contributed by atoms with Crippen molar-refractivity contribution in [2.45, 2.75) is 45.4 Å². The van der Waals surface area contributed by atoms with Crippen LogP contribution in [0.4, 0.5) is 0 Å². The summed E-state index contributed by atoms with van der Waals surface area (Å²) in [5.74, 6) is -3.16. The van der Waals surface area contributed by atoms with Crippen LogP contribution in [0.5, 0.6) is 0 Å². The van der Waals surface area contributed by atoms with Gasteiger partial charge >= 0.3 is 11.9 Å². The highest BCUT2D eigenvalue weighted by Crippen LogP contribution is 2.33. The lowest BCUT2D eigenvalue weighted by molar-refractivity contribution is -0.140. The van der Waals surface area contributed by atoms with Crippen molar-refractivity contribution < 1.29 is 19.8 Å². The number of hydrogen-bond acceptors (Lipinski definition) is 2. The maximum absolute atomic E-state index is 11.3. The molecule has 0 spiro atoms. The number of aliphatic carboxylic acids is 2. The molecule has 4 heteroatoms. The highest BCUT2D eigenvalue weighted by Gasteiger charge is 2.26. The Bertz CT molecular complexity index is 491. The standard InChI is InChI=1S/C15H20O4/c1-8(2)11-6-5-7-12(9(3)14(16)17)13(11)10(4)15(18)19/h5-10H,1-4H3,(H,16,17)(H,18,19). The van der Waals surface area contributed by atoms with Gasteiger partial charge < -0.3 is 10.2 Å². The van der Waals surface area contributed by atoms with Crippen LogP contribution < -0.4 is 0 Å². The second-order valence-corrected chi connectivity index (χ2v) is 5.12. The molecule has 0 aliphatic rings. The van der Waals surface area contributed by atoms with Crippen LogP contribution >= 0.6 is 0 Å². The van der Waals surface area contributed by atoms with E-state index < -0.39 is 23.8 Å². The highest BCUT2D eigenvalue weighted by molar-refractivity contribution is 5.80. The van der Waals surface area contributed by atoms with Crippen molar-refractivity contribution in [3.63, 3.8) is 0 Å². The summed E-state index contributed by atoms with van der Waals surface area (Å²) in [4.78, 5) is 22.4. The summed E-state index contributed by atoms with van der Waals surface area (Å²) in [7, 11) is 0. The third-order valence-corrected chi connectivity index (χ3v) is 3.44. The fraction of sp³-hybridized carbons (Fsp3) is 0.467. The summed E-state index contributed by atoms with van der Waals surface area (Å²) in [5.41, 5.74) is 2.13. The van der Waals surface area contributed by atoms with Crippen LogP contribution in [0.15, 0.2) is 18.2 Å². The first-order chi connectivity index (χ1) is 8.77. The van der Waals surface area contributed by atoms with E-state index in [1.54, 1.807) is 26.0 Å². The third kappa shape index (κ3) is 3.13. The predicted octanol–water partition coefficient (Wildman–Crippen LogP) is 3.19. The Morgan fingerprint density at radius 1 is 0.895 bits per heavy atom. The van der Waals surface area contributed by atoms with Crippen molar-refractivity contribution in [1.82, 2.24) is 0 Å². The SMILES string of the molecule is CC(C)c1cccc(C(C)C(=O)O)c1C(C)C(=O)O. The average molecular weight is 264 g/mol. The van der Waals surface area contributed by atoms with Crippen LogP contribution in [0, 0.1) is 0 Å². The van der Waals surface area contributed by atoms with Crippen molar-refractivity contribution in [2.75, 3.05) is 0 Å². The van der Waals surface area contributed by atoms with Crippen molar-refractivity contribution in [2.24, 2.45) is 0 Å². The van der Waals surface area contributed by atoms with Gasteiger partial charge in [0.05, 0.1) is 11.8 Å². The van der Waals surface area contributed by atoms with E-state index in [0.717, 1.165) is 5.56 Å². The van der Waals surface area contributed by atoms with Gasteiger partial charge in [-0.15, -0.1) is 0 Å². The molecule has 0 radical (unpaired) electrons. The lowest BCUT2D eigenvalue weighted by atomic mass is 9.82. The minimum absolute atomic E-state index is 0.151. The highest BCUT2D eigenvalue weighted by atomic mass is 16.4. The summed E-state index contributed by atoms with van der Waals surface area (Å²) < 4.78 is 0. The number of carbonyl (C=O) groups is 2. The van der Waals surface area contributed by atoms with E-state index >= 15 is 0 Å². The number of hydrogen-bond donors (Lipinski definition) is 2. The lowest BCUT2D eigenvalue weighted by Crippen LogP contribution is -2.17. The van der Waals surface area contributed by atoms with Crippen LogP contribution in [0.1, 0.15) is 62.1 Å². The van der Waals surface area contributed by atoms with Gasteiger partial charge in [0.15, 0.2) is 0 Å². The summed E-state index contributed by atoms with van der Waals surface area (Å²) in [6, 6.07) is 5.37. The van der Waals surface area contributed by atoms with Gasteiger partial charge in [-0.1, -0.05) is 32.0 Å². The first-order valence-corrected chi connectivity index (χ1v) is 6.35. The van der Waals surface area contributed by atoms with Crippen LogP contribution in [-0.2, 0) is 9.59 Å². The zero-order chi connectivity index (χ0) is 14.7. The maximum Gasteiger partial charge on any atom is 0.310 e. The number of rotatable bonds is 5. The first-order valence-electron chi connectivity index (χ1n) is 6.35. The second-order valence-electron chi connectivity index (χ2n) is 5.12. The van der Waals surface area contributed by atoms with Crippen LogP contribution in [-0.4, -0.2) is 22.2 Å². The maximum atomic E-state index is 11.3. The van der Waals surface area contributed by atoms with E-state index in [-0.39, 0.29) is 5.92 Å². The molecule has 1 rings (SSSR count). The molecule has 1 aromatic carbocycles. The van der Waals surface area contributed by atoms with Crippen molar-refractivity contribution >= 4 is 11.9 Å². The Kier molecular flexibility index (Phi) is 4.70. The second kappa shape index (κ2) is 5.87. The number of carboxylic acids is 2. The molecule has 2 unspecified atom stereocenters. The van der Waals surface area contributed by atoms with Gasteiger partial charge in [0.1, 0.15) is 0 Å². The fourth-order valence-corrected chi connectivity index (χ4v) is 2.24. The molecule has 0 aliphatic carbocycles. The Hall–Kier alpha value is -1.84. The first kappa shape index (κ1) is 15.2. The molecular formula is C15H20O4. The Labute approximate surface area is 113 Å². The average Bonchev–Trinajstić information content (AvgIpc) is 2.35. The molecule has 0 bridgehead atoms. The van der Waals surface area contributed by atoms with Gasteiger partial charge in [-0.25, -0.2) is 0 Å². The summed E-state index contributed by atoms with van der Waals surface area (Å²) in [5, 5.41) is 18.4. The van der Waals surface area contributed by atoms with E-state index in [1.807, 2.05) is 19.9 Å². The van der Waals surface area contributed by atoms with Gasteiger partial charge in [-0.05, 0) is 36.5 Å². The normalized spacial score (nSPS) is 14.2. The fourth-order valence-electron chi connectivity index (χ4n) is 2.24. The summed E-state index contributed by atoms with van der Waals surface area (Å²) in [6.45, 7) is 7.13. The Balaban J connectivity index is 3.50. The molecule has 104 valence electrons. The third-order valence-electron chi connectivity index (χ3n) is 3.44. The van der Waals surface area contributed by atoms with Crippen molar-refractivity contribution in [1.29, 1.82) is 0 Å². The lowest BCUT2D eigenvalue weighted by Gasteiger charge is -2.22. The molecular weight excluding hydrogens is 244 g/mol. The van der Waals surface area contributed by atoms with E-state index in [4.69, 9.17) is 5.11 Å². The van der Waals surface area contributed by atoms with Crippen LogP contribution in [0.3, 0.4) is 0 Å². The van der Waals surface area contributed by atoms with Gasteiger partial charge in [-0.3, -0.25) is 9.59 Å². The van der Waals surface area contributed by atoms with Crippen LogP contribution in [0.25, 0.3) is 0 Å². The van der Waals surface area contributed by atoms with Gasteiger partial charge in [-0.2, -0.15) is 0 Å². The van der Waals surface area contributed by atoms with E-state index in [0.29, 0.717) is 11.1 Å². The monoisotopic (exact) mass is 264 g/mol. The smallest absolute Gasteiger partial charge is 0.310 e. The molecule has 2 atom stereocenters. The molecule has 0 heterocycles. The molecule has 19 heavy (non-hydrogen) atoms. The molecule has 4 nitrogen and oxygen atoms in total. The molecule has 0 amide bonds. The Morgan fingerprint density at radius 3 is 1.79 bits per heavy atom. The molecule has 0 aliphatic heterocycles. The van der Waals surface area contributed by atoms with Gasteiger partial charge in [0.2, 0.25) is 0 Å². The quantitative estimate of drug-likeness (QED) is 0.856. The summed E-state index contributed by atoms with van der Waals surface area (Å²) >= 11 is 0. The Morgan fingerprint density at radius 2 is 1.37 bits per heavy atom. The molecule has 0 aromatic heterocycles. The molecule has 0 fully saturated rings. The van der Waals surface area contributed by atoms with E-state index in [9.17, 15) is 14.7 Å². The largest absolute Gasteiger partial charge is 0.481 e. The van der Waals surface area contributed by atoms with E-state index in [2.05, 4.69) is 0 Å². The minimum atomic E-state index is -0.945. The molecule has 2 N–H and O–H groups in total. The molecule has 0 saturated heterocycles. The number of carboxylic acid groups (broad SMARTS) is 2. The summed E-state index contributed by atoms with van der Waals surface area (Å²) in [6.07, 6.45) is 0. The number of benzene rings is 1. The predicted molar refractivity (Wildman–Crippen MR) is 72.6 cm³/mol.